The van der Waals surface area contributed by atoms with Crippen LogP contribution in [0.1, 0.15) is 39.1 Å². The van der Waals surface area contributed by atoms with Crippen molar-refractivity contribution in [2.75, 3.05) is 25.0 Å². The fourth-order valence-corrected chi connectivity index (χ4v) is 4.31. The second-order valence-corrected chi connectivity index (χ2v) is 9.07. The zero-order valence-corrected chi connectivity index (χ0v) is 20.1. The van der Waals surface area contributed by atoms with E-state index in [1.165, 1.54) is 5.56 Å². The van der Waals surface area contributed by atoms with E-state index in [-0.39, 0.29) is 23.6 Å². The summed E-state index contributed by atoms with van der Waals surface area (Å²) in [5, 5.41) is 6.41. The van der Waals surface area contributed by atoms with Crippen molar-refractivity contribution < 1.29 is 14.4 Å². The largest absolute Gasteiger partial charge is 0.356 e. The molecule has 1 aliphatic heterocycles. The lowest BCUT2D eigenvalue weighted by atomic mass is 9.95. The molecule has 1 saturated heterocycles. The number of carbonyl (C=O) groups excluding carboxylic acids is 3. The predicted octanol–water partition coefficient (Wildman–Crippen LogP) is 4.80. The van der Waals surface area contributed by atoms with Crippen LogP contribution in [0, 0.1) is 5.92 Å². The maximum atomic E-state index is 13.0. The summed E-state index contributed by atoms with van der Waals surface area (Å²) in [6.45, 7) is 1.66. The van der Waals surface area contributed by atoms with Gasteiger partial charge in [-0.1, -0.05) is 48.0 Å². The van der Waals surface area contributed by atoms with Crippen molar-refractivity contribution in [2.24, 2.45) is 5.92 Å². The summed E-state index contributed by atoms with van der Waals surface area (Å²) < 4.78 is 0. The SMILES string of the molecule is O=C(Nc1cccc(C(=O)N2CCC(C(=O)NCCc3ccccc3)CC2)c1)c1ccc(Cl)cc1. The molecule has 2 N–H and O–H groups in total. The Morgan fingerprint density at radius 3 is 2.29 bits per heavy atom. The summed E-state index contributed by atoms with van der Waals surface area (Å²) in [5.41, 5.74) is 2.73. The first-order chi connectivity index (χ1) is 17.0. The van der Waals surface area contributed by atoms with E-state index in [9.17, 15) is 14.4 Å². The van der Waals surface area contributed by atoms with Crippen LogP contribution in [0.3, 0.4) is 0 Å². The summed E-state index contributed by atoms with van der Waals surface area (Å²) in [5.74, 6) is -0.402. The maximum absolute atomic E-state index is 13.0. The lowest BCUT2D eigenvalue weighted by molar-refractivity contribution is -0.126. The van der Waals surface area contributed by atoms with Gasteiger partial charge in [-0.05, 0) is 67.3 Å². The second kappa shape index (κ2) is 11.7. The molecule has 0 radical (unpaired) electrons. The first-order valence-electron chi connectivity index (χ1n) is 11.8. The van der Waals surface area contributed by atoms with Crippen LogP contribution in [-0.2, 0) is 11.2 Å². The molecule has 6 nitrogen and oxygen atoms in total. The van der Waals surface area contributed by atoms with Crippen LogP contribution in [0.4, 0.5) is 5.69 Å². The van der Waals surface area contributed by atoms with Crippen LogP contribution in [0.2, 0.25) is 5.02 Å². The molecule has 0 aromatic heterocycles. The van der Waals surface area contributed by atoms with E-state index in [1.54, 1.807) is 53.4 Å². The third kappa shape index (κ3) is 6.70. The lowest BCUT2D eigenvalue weighted by Crippen LogP contribution is -2.43. The van der Waals surface area contributed by atoms with E-state index in [0.29, 0.717) is 54.3 Å². The zero-order valence-electron chi connectivity index (χ0n) is 19.4. The van der Waals surface area contributed by atoms with Gasteiger partial charge in [-0.25, -0.2) is 0 Å². The van der Waals surface area contributed by atoms with Crippen LogP contribution >= 0.6 is 11.6 Å². The predicted molar refractivity (Wildman–Crippen MR) is 138 cm³/mol. The van der Waals surface area contributed by atoms with Crippen LogP contribution in [0.15, 0.2) is 78.9 Å². The molecule has 3 aromatic carbocycles. The first-order valence-corrected chi connectivity index (χ1v) is 12.2. The van der Waals surface area contributed by atoms with Crippen molar-refractivity contribution in [3.05, 3.63) is 101 Å². The number of piperidine rings is 1. The van der Waals surface area contributed by atoms with Gasteiger partial charge in [0.2, 0.25) is 5.91 Å². The van der Waals surface area contributed by atoms with Crippen LogP contribution in [-0.4, -0.2) is 42.3 Å². The van der Waals surface area contributed by atoms with Crippen molar-refractivity contribution >= 4 is 35.0 Å². The monoisotopic (exact) mass is 489 g/mol. The molecule has 0 atom stereocenters. The molecule has 1 aliphatic rings. The molecule has 3 aromatic rings. The zero-order chi connectivity index (χ0) is 24.6. The number of likely N-dealkylation sites (tertiary alicyclic amines) is 1. The Balaban J connectivity index is 1.27. The molecule has 0 unspecified atom stereocenters. The minimum absolute atomic E-state index is 0.0555. The van der Waals surface area contributed by atoms with Gasteiger partial charge >= 0.3 is 0 Å². The van der Waals surface area contributed by atoms with E-state index >= 15 is 0 Å². The number of amides is 3. The molecule has 180 valence electrons. The Morgan fingerprint density at radius 1 is 0.857 bits per heavy atom. The summed E-state index contributed by atoms with van der Waals surface area (Å²) in [4.78, 5) is 39.9. The highest BCUT2D eigenvalue weighted by atomic mass is 35.5. The van der Waals surface area contributed by atoms with Gasteiger partial charge in [-0.2, -0.15) is 0 Å². The van der Waals surface area contributed by atoms with E-state index in [1.807, 2.05) is 30.3 Å². The highest BCUT2D eigenvalue weighted by Crippen LogP contribution is 2.21. The minimum atomic E-state index is -0.273. The molecule has 4 rings (SSSR count). The van der Waals surface area contributed by atoms with Gasteiger partial charge in [0.05, 0.1) is 0 Å². The fourth-order valence-electron chi connectivity index (χ4n) is 4.18. The average Bonchev–Trinajstić information content (AvgIpc) is 2.89. The van der Waals surface area contributed by atoms with Gasteiger partial charge in [-0.15, -0.1) is 0 Å². The van der Waals surface area contributed by atoms with Crippen LogP contribution in [0.5, 0.6) is 0 Å². The molecule has 0 spiro atoms. The molecule has 1 heterocycles. The van der Waals surface area contributed by atoms with Crippen molar-refractivity contribution in [2.45, 2.75) is 19.3 Å². The summed E-state index contributed by atoms with van der Waals surface area (Å²) >= 11 is 5.88. The van der Waals surface area contributed by atoms with E-state index in [2.05, 4.69) is 10.6 Å². The van der Waals surface area contributed by atoms with Gasteiger partial charge in [0.25, 0.3) is 11.8 Å². The standard InChI is InChI=1S/C28H28ClN3O3/c29-24-11-9-21(10-12-24)27(34)31-25-8-4-7-23(19-25)28(35)32-17-14-22(15-18-32)26(33)30-16-13-20-5-2-1-3-6-20/h1-12,19,22H,13-18H2,(H,30,33)(H,31,34). The number of anilines is 1. The molecular weight excluding hydrogens is 462 g/mol. The Morgan fingerprint density at radius 2 is 1.57 bits per heavy atom. The minimum Gasteiger partial charge on any atom is -0.356 e. The number of hydrogen-bond acceptors (Lipinski definition) is 3. The number of carbonyl (C=O) groups is 3. The van der Waals surface area contributed by atoms with E-state index < -0.39 is 0 Å². The first kappa shape index (κ1) is 24.5. The highest BCUT2D eigenvalue weighted by molar-refractivity contribution is 6.30. The quantitative estimate of drug-likeness (QED) is 0.500. The Labute approximate surface area is 210 Å². The number of nitrogens with one attached hydrogen (secondary N) is 2. The van der Waals surface area contributed by atoms with Crippen molar-refractivity contribution in [3.63, 3.8) is 0 Å². The number of halogens is 1. The normalized spacial score (nSPS) is 13.8. The average molecular weight is 490 g/mol. The third-order valence-corrected chi connectivity index (χ3v) is 6.43. The molecule has 35 heavy (non-hydrogen) atoms. The molecule has 1 fully saturated rings. The number of rotatable bonds is 7. The van der Waals surface area contributed by atoms with Crippen molar-refractivity contribution in [1.29, 1.82) is 0 Å². The van der Waals surface area contributed by atoms with Gasteiger partial charge in [0.15, 0.2) is 0 Å². The van der Waals surface area contributed by atoms with Gasteiger partial charge < -0.3 is 15.5 Å². The maximum Gasteiger partial charge on any atom is 0.255 e. The molecule has 0 aliphatic carbocycles. The van der Waals surface area contributed by atoms with Crippen molar-refractivity contribution in [3.8, 4) is 0 Å². The van der Waals surface area contributed by atoms with Gasteiger partial charge in [-0.3, -0.25) is 14.4 Å². The molecule has 7 heteroatoms. The molecule has 0 bridgehead atoms. The van der Waals surface area contributed by atoms with Gasteiger partial charge in [0, 0.05) is 47.4 Å². The van der Waals surface area contributed by atoms with Crippen LogP contribution in [0.25, 0.3) is 0 Å². The number of nitrogens with zero attached hydrogens (tertiary/aromatic N) is 1. The van der Waals surface area contributed by atoms with Crippen molar-refractivity contribution in [1.82, 2.24) is 10.2 Å². The summed E-state index contributed by atoms with van der Waals surface area (Å²) in [6, 6.07) is 23.6. The fraction of sp³-hybridized carbons (Fsp3) is 0.250. The molecule has 3 amide bonds. The van der Waals surface area contributed by atoms with E-state index in [0.717, 1.165) is 6.42 Å². The van der Waals surface area contributed by atoms with E-state index in [4.69, 9.17) is 11.6 Å². The molecular formula is C28H28ClN3O3. The Bertz CT molecular complexity index is 1170. The molecule has 0 saturated carbocycles. The lowest BCUT2D eigenvalue weighted by Gasteiger charge is -2.31. The topological polar surface area (TPSA) is 78.5 Å². The number of benzene rings is 3. The van der Waals surface area contributed by atoms with Crippen LogP contribution < -0.4 is 10.6 Å². The summed E-state index contributed by atoms with van der Waals surface area (Å²) in [6.07, 6.45) is 2.07. The smallest absolute Gasteiger partial charge is 0.255 e. The summed E-state index contributed by atoms with van der Waals surface area (Å²) in [7, 11) is 0. The Hall–Kier alpha value is -3.64. The number of hydrogen-bond donors (Lipinski definition) is 2. The Kier molecular flexibility index (Phi) is 8.16. The second-order valence-electron chi connectivity index (χ2n) is 8.63. The third-order valence-electron chi connectivity index (χ3n) is 6.18. The highest BCUT2D eigenvalue weighted by Gasteiger charge is 2.27. The van der Waals surface area contributed by atoms with Gasteiger partial charge in [0.1, 0.15) is 0 Å².